The van der Waals surface area contributed by atoms with E-state index in [2.05, 4.69) is 0 Å². The molecule has 0 amide bonds. The fraction of sp³-hybridized carbons (Fsp3) is 0. The third-order valence-electron chi connectivity index (χ3n) is 0.952. The molecule has 90 valence electrons. The molecule has 0 saturated heterocycles. The molecular formula is H5O10P5. The Morgan fingerprint density at radius 1 is 1.00 bits per heavy atom. The van der Waals surface area contributed by atoms with E-state index in [1.165, 1.54) is 0 Å². The molecule has 0 aromatic rings. The molecule has 0 aromatic carbocycles. The first-order valence-electron chi connectivity index (χ1n) is 2.71. The van der Waals surface area contributed by atoms with Crippen molar-refractivity contribution < 1.29 is 47.6 Å². The van der Waals surface area contributed by atoms with E-state index in [1.807, 2.05) is 0 Å². The van der Waals surface area contributed by atoms with Crippen LogP contribution in [0.3, 0.4) is 0 Å². The molecule has 0 saturated carbocycles. The van der Waals surface area contributed by atoms with E-state index in [0.29, 0.717) is 0 Å². The van der Waals surface area contributed by atoms with Gasteiger partial charge in [-0.15, -0.1) is 0 Å². The molecule has 15 heteroatoms. The van der Waals surface area contributed by atoms with Gasteiger partial charge in [0.15, 0.2) is 0 Å². The summed E-state index contributed by atoms with van der Waals surface area (Å²) in [6.45, 7) is -9.82. The summed E-state index contributed by atoms with van der Waals surface area (Å²) >= 11 is 0. The summed E-state index contributed by atoms with van der Waals surface area (Å²) in [6.07, 6.45) is 0. The first kappa shape index (κ1) is 16.0. The Balaban J connectivity index is 5.72. The molecule has 15 heavy (non-hydrogen) atoms. The first-order chi connectivity index (χ1) is 6.32. The Kier molecular flexibility index (Phi) is 5.00. The summed E-state index contributed by atoms with van der Waals surface area (Å²) < 4.78 is 42.3. The van der Waals surface area contributed by atoms with Crippen molar-refractivity contribution >= 4 is 36.0 Å². The highest BCUT2D eigenvalue weighted by atomic mass is 32.9. The second kappa shape index (κ2) is 4.69. The van der Waals surface area contributed by atoms with Crippen LogP contribution in [0.15, 0.2) is 0 Å². The van der Waals surface area contributed by atoms with E-state index < -0.39 is 36.0 Å². The number of rotatable bonds is 4. The minimum absolute atomic E-state index is 4.02. The highest BCUT2D eigenvalue weighted by Gasteiger charge is 2.65. The van der Waals surface area contributed by atoms with E-state index in [9.17, 15) is 23.2 Å². The van der Waals surface area contributed by atoms with Gasteiger partial charge in [-0.25, -0.2) is 4.57 Å². The molecule has 0 spiro atoms. The molecule has 10 nitrogen and oxygen atoms in total. The maximum atomic E-state index is 11.0. The van der Waals surface area contributed by atoms with Crippen LogP contribution < -0.4 is 4.89 Å². The summed E-state index contributed by atoms with van der Waals surface area (Å²) in [4.78, 5) is 52.6. The quantitative estimate of drug-likeness (QED) is 0.435. The lowest BCUT2D eigenvalue weighted by Gasteiger charge is -2.16. The average molecular weight is 320 g/mol. The second-order valence-corrected chi connectivity index (χ2v) is 20.9. The van der Waals surface area contributed by atoms with Gasteiger partial charge in [-0.1, -0.05) is 4.57 Å². The molecule has 0 aliphatic rings. The summed E-state index contributed by atoms with van der Waals surface area (Å²) in [5.41, 5.74) is 0. The minimum Gasteiger partial charge on any atom is -0.593 e. The topological polar surface area (TPSA) is 192 Å². The smallest absolute Gasteiger partial charge is 0.416 e. The van der Waals surface area contributed by atoms with E-state index in [1.54, 1.807) is 0 Å². The van der Waals surface area contributed by atoms with Crippen molar-refractivity contribution in [2.24, 2.45) is 0 Å². The van der Waals surface area contributed by atoms with Gasteiger partial charge in [0.05, 0.1) is 0 Å². The van der Waals surface area contributed by atoms with Crippen LogP contribution in [0.4, 0.5) is 0 Å². The Morgan fingerprint density at radius 2 is 1.33 bits per heavy atom. The molecule has 5 N–H and O–H groups in total. The predicted octanol–water partition coefficient (Wildman–Crippen LogP) is -0.143. The lowest BCUT2D eigenvalue weighted by atomic mass is 15.8. The summed E-state index contributed by atoms with van der Waals surface area (Å²) in [5, 5.41) is 0. The van der Waals surface area contributed by atoms with Crippen LogP contribution in [0.1, 0.15) is 0 Å². The lowest BCUT2D eigenvalue weighted by molar-refractivity contribution is -0.158. The minimum atomic E-state index is -5.81. The number of hydrogen-bond acceptors (Lipinski definition) is 5. The maximum Gasteiger partial charge on any atom is 0.416 e. The first-order valence-corrected chi connectivity index (χ1v) is 12.9. The van der Waals surface area contributed by atoms with Gasteiger partial charge in [0.2, 0.25) is 0 Å². The van der Waals surface area contributed by atoms with Gasteiger partial charge in [-0.05, 0) is 0 Å². The molecule has 3 atom stereocenters. The fourth-order valence-corrected chi connectivity index (χ4v) is 22.3. The third-order valence-corrected chi connectivity index (χ3v) is 26.0. The molecule has 0 aliphatic carbocycles. The van der Waals surface area contributed by atoms with Crippen molar-refractivity contribution in [1.29, 1.82) is 0 Å². The van der Waals surface area contributed by atoms with Crippen molar-refractivity contribution in [1.82, 2.24) is 0 Å². The zero-order valence-corrected chi connectivity index (χ0v) is 11.0. The van der Waals surface area contributed by atoms with Gasteiger partial charge in [-0.2, -0.15) is 0 Å². The molecule has 0 radical (unpaired) electrons. The molecule has 0 fully saturated rings. The zero-order chi connectivity index (χ0) is 12.7. The van der Waals surface area contributed by atoms with Gasteiger partial charge >= 0.3 is 36.0 Å². The van der Waals surface area contributed by atoms with Crippen molar-refractivity contribution in [3.05, 3.63) is 0 Å². The maximum absolute atomic E-state index is 11.0. The molecule has 0 heterocycles. The van der Waals surface area contributed by atoms with E-state index in [0.717, 1.165) is 0 Å². The molecule has 3 unspecified atom stereocenters. The molecule has 0 aliphatic heterocycles. The van der Waals surface area contributed by atoms with Crippen molar-refractivity contribution in [3.8, 4) is 0 Å². The van der Waals surface area contributed by atoms with Crippen LogP contribution in [0.25, 0.3) is 0 Å². The van der Waals surface area contributed by atoms with Crippen LogP contribution in [-0.2, 0) is 18.3 Å². The zero-order valence-electron chi connectivity index (χ0n) is 6.51. The molecule has 0 rings (SSSR count). The monoisotopic (exact) mass is 320 g/mol. The second-order valence-electron chi connectivity index (χ2n) is 2.05. The van der Waals surface area contributed by atoms with Crippen LogP contribution in [0, 0.1) is 0 Å². The Bertz CT molecular complexity index is 392. The van der Waals surface area contributed by atoms with Crippen molar-refractivity contribution in [3.63, 3.8) is 0 Å². The van der Waals surface area contributed by atoms with Gasteiger partial charge in [0, 0.05) is 0 Å². The Labute approximate surface area is 84.3 Å². The van der Waals surface area contributed by atoms with E-state index in [4.69, 9.17) is 24.5 Å². The lowest BCUT2D eigenvalue weighted by Crippen LogP contribution is -1.89. The third kappa shape index (κ3) is 3.74. The largest absolute Gasteiger partial charge is 0.593 e. The average Bonchev–Trinajstić information content (AvgIpc) is 1.76. The fourth-order valence-electron chi connectivity index (χ4n) is 0.446. The van der Waals surface area contributed by atoms with Gasteiger partial charge in [0.25, 0.3) is 0 Å². The SMILES string of the molecule is O=[P+]([O-])P(P(=O)(O)O)P(=O)(O)P(=O)(O)O. The highest BCUT2D eigenvalue weighted by molar-refractivity contribution is 8.91. The summed E-state index contributed by atoms with van der Waals surface area (Å²) in [6, 6.07) is 0. The standard InChI is InChI=1S/H5O10P5/c1-11(2)12(13(3,4)5)15(9,10)14(6,7)8/h(H,9,10)(H2,3,4,5)(H2,6,7,8). The Hall–Kier alpha value is 0.980. The predicted molar refractivity (Wildman–Crippen MR) is 48.4 cm³/mol. The van der Waals surface area contributed by atoms with Crippen LogP contribution >= 0.6 is 36.0 Å². The molecule has 0 aromatic heterocycles. The van der Waals surface area contributed by atoms with Crippen LogP contribution in [0.5, 0.6) is 0 Å². The highest BCUT2D eigenvalue weighted by Crippen LogP contribution is 3.07. The number of hydrogen-bond donors (Lipinski definition) is 5. The summed E-state index contributed by atoms with van der Waals surface area (Å²) in [5.74, 6) is 0. The molecular weight excluding hydrogens is 315 g/mol. The van der Waals surface area contributed by atoms with Crippen molar-refractivity contribution in [2.45, 2.75) is 0 Å². The van der Waals surface area contributed by atoms with E-state index in [-0.39, 0.29) is 0 Å². The van der Waals surface area contributed by atoms with Gasteiger partial charge < -0.3 is 29.4 Å². The van der Waals surface area contributed by atoms with Crippen molar-refractivity contribution in [2.75, 3.05) is 0 Å². The van der Waals surface area contributed by atoms with E-state index >= 15 is 0 Å². The molecule has 0 bridgehead atoms. The van der Waals surface area contributed by atoms with Gasteiger partial charge in [-0.3, -0.25) is 9.13 Å². The van der Waals surface area contributed by atoms with Crippen LogP contribution in [-0.4, -0.2) is 24.5 Å². The van der Waals surface area contributed by atoms with Crippen LogP contribution in [0.2, 0.25) is 0 Å². The Morgan fingerprint density at radius 3 is 1.40 bits per heavy atom. The normalized spacial score (nSPS) is 20.5. The van der Waals surface area contributed by atoms with Gasteiger partial charge in [0.1, 0.15) is 0 Å². The summed E-state index contributed by atoms with van der Waals surface area (Å²) in [7, 11) is -15.5.